The van der Waals surface area contributed by atoms with Gasteiger partial charge in [-0.25, -0.2) is 13.2 Å². The summed E-state index contributed by atoms with van der Waals surface area (Å²) in [5.41, 5.74) is 9.42. The molecule has 1 nitrogen and oxygen atoms in total. The Morgan fingerprint density at radius 2 is 0.356 bits per heavy atom. The SMILES string of the molecule is CC(C)[C@@H](CO)c1ccccc1.CCC(c1ccc(F)cc1)C(C)C.CCC(c1ccccc1)C(C)C.CC[C@@H](c1ccc(F)cc1)C(C)C.CC[C@H](c1ccc(F)cc1)C(C)C.CC[C@H](c1ccccc1)C(C)C.CC[C@H](c1ccccc1)C(C)C. The van der Waals surface area contributed by atoms with Gasteiger partial charge < -0.3 is 5.11 Å². The fourth-order valence-electron chi connectivity index (χ4n) is 12.2. The highest BCUT2D eigenvalue weighted by atomic mass is 19.1. The number of aliphatic hydroxyl groups is 1. The Labute approximate surface area is 532 Å². The predicted octanol–water partition coefficient (Wildman–Crippen LogP) is 25.9. The van der Waals surface area contributed by atoms with Crippen molar-refractivity contribution < 1.29 is 18.3 Å². The molecule has 0 bridgehead atoms. The molecule has 7 rings (SSSR count). The quantitative estimate of drug-likeness (QED) is 0.0760. The molecule has 0 heterocycles. The van der Waals surface area contributed by atoms with E-state index in [0.717, 1.165) is 54.8 Å². The molecular formula is C83H121F3O. The van der Waals surface area contributed by atoms with Crippen molar-refractivity contribution in [2.24, 2.45) is 41.4 Å². The Kier molecular flexibility index (Phi) is 41.5. The normalized spacial score (nSPS) is 13.3. The minimum Gasteiger partial charge on any atom is -0.396 e. The third-order valence-corrected chi connectivity index (χ3v) is 17.3. The van der Waals surface area contributed by atoms with Crippen molar-refractivity contribution in [2.45, 2.75) is 218 Å². The molecule has 0 spiro atoms. The monoisotopic (exact) mass is 1190 g/mol. The first-order valence-electron chi connectivity index (χ1n) is 33.5. The van der Waals surface area contributed by atoms with Gasteiger partial charge in [-0.05, 0) is 191 Å². The molecular weight excluding hydrogens is 1070 g/mol. The molecule has 0 aliphatic carbocycles. The van der Waals surface area contributed by atoms with E-state index in [9.17, 15) is 13.2 Å². The number of hydrogen-bond acceptors (Lipinski definition) is 1. The first kappa shape index (κ1) is 79.3. The Balaban J connectivity index is 0.000000508. The molecule has 480 valence electrons. The minimum absolute atomic E-state index is 0.151. The summed E-state index contributed by atoms with van der Waals surface area (Å²) < 4.78 is 38.0. The highest BCUT2D eigenvalue weighted by Crippen LogP contribution is 2.32. The van der Waals surface area contributed by atoms with Crippen molar-refractivity contribution in [1.82, 2.24) is 0 Å². The van der Waals surface area contributed by atoms with Crippen LogP contribution in [0.1, 0.15) is 257 Å². The van der Waals surface area contributed by atoms with Gasteiger partial charge in [-0.1, -0.05) is 296 Å². The van der Waals surface area contributed by atoms with Gasteiger partial charge in [0.25, 0.3) is 0 Å². The van der Waals surface area contributed by atoms with Crippen LogP contribution in [0, 0.1) is 58.9 Å². The van der Waals surface area contributed by atoms with Crippen LogP contribution in [0.2, 0.25) is 0 Å². The molecule has 0 aliphatic heterocycles. The van der Waals surface area contributed by atoms with E-state index >= 15 is 0 Å². The molecule has 0 radical (unpaired) electrons. The summed E-state index contributed by atoms with van der Waals surface area (Å²) >= 11 is 0. The van der Waals surface area contributed by atoms with Crippen LogP contribution in [-0.2, 0) is 0 Å². The van der Waals surface area contributed by atoms with Crippen molar-refractivity contribution >= 4 is 0 Å². The van der Waals surface area contributed by atoms with Gasteiger partial charge in [0, 0.05) is 5.92 Å². The molecule has 1 N–H and O–H groups in total. The summed E-state index contributed by atoms with van der Waals surface area (Å²) in [5.74, 6) is 8.29. The molecule has 4 heteroatoms. The number of halogens is 3. The lowest BCUT2D eigenvalue weighted by Gasteiger charge is -2.19. The van der Waals surface area contributed by atoms with Crippen LogP contribution in [0.25, 0.3) is 0 Å². The maximum absolute atomic E-state index is 12.7. The van der Waals surface area contributed by atoms with Crippen LogP contribution >= 0.6 is 0 Å². The van der Waals surface area contributed by atoms with Crippen LogP contribution in [0.3, 0.4) is 0 Å². The summed E-state index contributed by atoms with van der Waals surface area (Å²) in [4.78, 5) is 0. The van der Waals surface area contributed by atoms with Gasteiger partial charge in [0.15, 0.2) is 0 Å². The zero-order valence-corrected chi connectivity index (χ0v) is 58.1. The van der Waals surface area contributed by atoms with E-state index in [1.807, 2.05) is 54.6 Å². The summed E-state index contributed by atoms with van der Waals surface area (Å²) in [7, 11) is 0. The second-order valence-electron chi connectivity index (χ2n) is 25.9. The van der Waals surface area contributed by atoms with Crippen LogP contribution in [-0.4, -0.2) is 11.7 Å². The predicted molar refractivity (Wildman–Crippen MR) is 377 cm³/mol. The molecule has 7 aromatic rings. The second kappa shape index (κ2) is 45.5. The zero-order valence-electron chi connectivity index (χ0n) is 58.1. The van der Waals surface area contributed by atoms with E-state index in [4.69, 9.17) is 5.11 Å². The lowest BCUT2D eigenvalue weighted by molar-refractivity contribution is 0.237. The second-order valence-corrected chi connectivity index (χ2v) is 25.9. The summed E-state index contributed by atoms with van der Waals surface area (Å²) in [5, 5.41) is 9.15. The van der Waals surface area contributed by atoms with Crippen molar-refractivity contribution in [3.8, 4) is 0 Å². The highest BCUT2D eigenvalue weighted by molar-refractivity contribution is 5.25. The average Bonchev–Trinajstić information content (AvgIpc) is 3.57. The fourth-order valence-corrected chi connectivity index (χ4v) is 12.2. The highest BCUT2D eigenvalue weighted by Gasteiger charge is 2.18. The number of benzene rings is 7. The van der Waals surface area contributed by atoms with E-state index in [-0.39, 0.29) is 30.0 Å². The van der Waals surface area contributed by atoms with Gasteiger partial charge in [0.05, 0.1) is 6.61 Å². The molecule has 0 fully saturated rings. The summed E-state index contributed by atoms with van der Waals surface area (Å²) in [6.07, 6.45) is 7.06. The van der Waals surface area contributed by atoms with Crippen LogP contribution < -0.4 is 0 Å². The molecule has 7 atom stereocenters. The topological polar surface area (TPSA) is 20.2 Å². The summed E-state index contributed by atoms with van der Waals surface area (Å²) in [6.45, 7) is 44.8. The van der Waals surface area contributed by atoms with Crippen molar-refractivity contribution in [3.63, 3.8) is 0 Å². The van der Waals surface area contributed by atoms with E-state index in [1.54, 1.807) is 36.4 Å². The molecule has 87 heavy (non-hydrogen) atoms. The molecule has 0 aliphatic rings. The van der Waals surface area contributed by atoms with Crippen molar-refractivity contribution in [2.75, 3.05) is 6.61 Å². The van der Waals surface area contributed by atoms with E-state index < -0.39 is 0 Å². The van der Waals surface area contributed by atoms with Crippen LogP contribution in [0.15, 0.2) is 194 Å². The van der Waals surface area contributed by atoms with Gasteiger partial charge >= 0.3 is 0 Å². The first-order valence-corrected chi connectivity index (χ1v) is 33.5. The van der Waals surface area contributed by atoms with E-state index in [1.165, 1.54) is 58.2 Å². The smallest absolute Gasteiger partial charge is 0.123 e. The molecule has 2 unspecified atom stereocenters. The van der Waals surface area contributed by atoms with E-state index in [0.29, 0.717) is 41.4 Å². The van der Waals surface area contributed by atoms with Crippen LogP contribution in [0.4, 0.5) is 13.2 Å². The maximum atomic E-state index is 12.7. The molecule has 0 aromatic heterocycles. The van der Waals surface area contributed by atoms with Gasteiger partial charge in [0.2, 0.25) is 0 Å². The molecule has 0 saturated heterocycles. The lowest BCUT2D eigenvalue weighted by Crippen LogP contribution is -2.10. The van der Waals surface area contributed by atoms with Crippen molar-refractivity contribution in [1.29, 1.82) is 0 Å². The third kappa shape index (κ3) is 30.9. The largest absolute Gasteiger partial charge is 0.396 e. The standard InChI is InChI=1S/3C12H17F.3C12H18.C11H16O/c3*1-4-12(9(2)3)10-5-7-11(13)8-6-10;3*1-4-12(10(2)3)11-8-6-5-7-9-11;1-9(2)11(8-12)10-6-4-3-5-7-10/h3*5-9,12H,4H2,1-3H3;3*5-10,12H,4H2,1-3H3;3-7,9,11-12H,8H2,1-2H3/t2*12-;;2*12-;;11-/m10.00.1/s1. The van der Waals surface area contributed by atoms with Crippen molar-refractivity contribution in [3.05, 3.63) is 251 Å². The minimum atomic E-state index is -0.151. The maximum Gasteiger partial charge on any atom is 0.123 e. The van der Waals surface area contributed by atoms with Gasteiger partial charge in [-0.15, -0.1) is 0 Å². The zero-order chi connectivity index (χ0) is 65.4. The van der Waals surface area contributed by atoms with Gasteiger partial charge in [-0.2, -0.15) is 0 Å². The first-order chi connectivity index (χ1) is 41.5. The van der Waals surface area contributed by atoms with Crippen LogP contribution in [0.5, 0.6) is 0 Å². The van der Waals surface area contributed by atoms with Gasteiger partial charge in [-0.3, -0.25) is 0 Å². The number of rotatable bonds is 21. The Morgan fingerprint density at radius 3 is 0.483 bits per heavy atom. The Hall–Kier alpha value is -5.71. The third-order valence-electron chi connectivity index (χ3n) is 17.3. The number of hydrogen-bond donors (Lipinski definition) is 1. The molecule has 7 aromatic carbocycles. The Morgan fingerprint density at radius 1 is 0.218 bits per heavy atom. The average molecular weight is 1190 g/mol. The number of aliphatic hydroxyl groups excluding tert-OH is 1. The lowest BCUT2D eigenvalue weighted by atomic mass is 9.86. The summed E-state index contributed by atoms with van der Waals surface area (Å²) in [6, 6.07) is 63.1. The fraction of sp³-hybridized carbons (Fsp3) is 0.494. The Bertz CT molecular complexity index is 2320. The molecule has 0 amide bonds. The van der Waals surface area contributed by atoms with E-state index in [2.05, 4.69) is 242 Å². The molecule has 0 saturated carbocycles. The van der Waals surface area contributed by atoms with Gasteiger partial charge in [0.1, 0.15) is 17.5 Å².